The van der Waals surface area contributed by atoms with Crippen molar-refractivity contribution in [1.29, 1.82) is 0 Å². The maximum absolute atomic E-state index is 5.67. The van der Waals surface area contributed by atoms with Crippen LogP contribution < -0.4 is 4.74 Å². The van der Waals surface area contributed by atoms with Gasteiger partial charge in [0.2, 0.25) is 0 Å². The van der Waals surface area contributed by atoms with E-state index in [4.69, 9.17) is 4.74 Å². The molecule has 0 unspecified atom stereocenters. The second kappa shape index (κ2) is 5.47. The van der Waals surface area contributed by atoms with Gasteiger partial charge >= 0.3 is 23.1 Å². The first-order valence-electron chi connectivity index (χ1n) is 7.52. The number of halogens is 1. The quantitative estimate of drug-likeness (QED) is 0.700. The molecule has 4 saturated carbocycles. The molecule has 4 bridgehead atoms. The number of benzene rings is 1. The van der Waals surface area contributed by atoms with Crippen molar-refractivity contribution in [3.63, 3.8) is 0 Å². The third-order valence-electron chi connectivity index (χ3n) is 5.77. The SMILES string of the molecule is COc1ccc(Br)cc1C12CC3CC(CC(C3)C1)C2.[H-].[H-].[Mg+2]. The van der Waals surface area contributed by atoms with Crippen LogP contribution >= 0.6 is 15.9 Å². The molecule has 20 heavy (non-hydrogen) atoms. The van der Waals surface area contributed by atoms with Gasteiger partial charge in [-0.05, 0) is 79.9 Å². The summed E-state index contributed by atoms with van der Waals surface area (Å²) in [5.41, 5.74) is 1.90. The van der Waals surface area contributed by atoms with Crippen LogP contribution in [0.2, 0.25) is 0 Å². The summed E-state index contributed by atoms with van der Waals surface area (Å²) in [6, 6.07) is 6.56. The molecule has 4 aliphatic rings. The zero-order valence-electron chi connectivity index (χ0n) is 14.2. The maximum Gasteiger partial charge on any atom is 2.00 e. The second-order valence-electron chi connectivity index (χ2n) is 7.04. The summed E-state index contributed by atoms with van der Waals surface area (Å²) >= 11 is 3.65. The molecule has 0 spiro atoms. The fourth-order valence-electron chi connectivity index (χ4n) is 5.54. The predicted octanol–water partition coefficient (Wildman–Crippen LogP) is 4.77. The van der Waals surface area contributed by atoms with E-state index in [2.05, 4.69) is 34.1 Å². The van der Waals surface area contributed by atoms with Crippen molar-refractivity contribution < 1.29 is 7.59 Å². The Labute approximate surface area is 149 Å². The normalized spacial score (nSPS) is 37.6. The molecule has 106 valence electrons. The van der Waals surface area contributed by atoms with Crippen molar-refractivity contribution in [2.24, 2.45) is 17.8 Å². The van der Waals surface area contributed by atoms with E-state index in [1.165, 1.54) is 48.6 Å². The molecule has 0 saturated heterocycles. The minimum Gasteiger partial charge on any atom is -1.00 e. The van der Waals surface area contributed by atoms with Gasteiger partial charge < -0.3 is 7.59 Å². The molecular weight excluding hydrogens is 324 g/mol. The Bertz CT molecular complexity index is 488. The van der Waals surface area contributed by atoms with Crippen LogP contribution in [-0.4, -0.2) is 30.2 Å². The first kappa shape index (κ1) is 15.2. The Balaban J connectivity index is 0.000000807. The summed E-state index contributed by atoms with van der Waals surface area (Å²) in [5.74, 6) is 4.05. The molecule has 0 amide bonds. The number of methoxy groups -OCH3 is 1. The van der Waals surface area contributed by atoms with Crippen LogP contribution in [0.3, 0.4) is 0 Å². The van der Waals surface area contributed by atoms with Gasteiger partial charge in [0.15, 0.2) is 0 Å². The third-order valence-corrected chi connectivity index (χ3v) is 6.26. The molecule has 0 N–H and O–H groups in total. The molecule has 1 aromatic carbocycles. The van der Waals surface area contributed by atoms with Crippen LogP contribution in [0.5, 0.6) is 5.75 Å². The van der Waals surface area contributed by atoms with Gasteiger partial charge in [-0.25, -0.2) is 0 Å². The van der Waals surface area contributed by atoms with Crippen molar-refractivity contribution in [2.45, 2.75) is 43.9 Å². The second-order valence-corrected chi connectivity index (χ2v) is 7.96. The summed E-state index contributed by atoms with van der Waals surface area (Å²) in [4.78, 5) is 0. The number of hydrogen-bond donors (Lipinski definition) is 0. The molecule has 4 fully saturated rings. The van der Waals surface area contributed by atoms with Crippen LogP contribution in [0, 0.1) is 17.8 Å². The zero-order chi connectivity index (χ0) is 13.0. The van der Waals surface area contributed by atoms with E-state index in [-0.39, 0.29) is 25.9 Å². The topological polar surface area (TPSA) is 9.23 Å². The van der Waals surface area contributed by atoms with Crippen molar-refractivity contribution in [3.05, 3.63) is 28.2 Å². The van der Waals surface area contributed by atoms with Gasteiger partial charge in [-0.3, -0.25) is 0 Å². The van der Waals surface area contributed by atoms with Crippen LogP contribution in [0.25, 0.3) is 0 Å². The monoisotopic (exact) mass is 346 g/mol. The molecule has 1 nitrogen and oxygen atoms in total. The zero-order valence-corrected chi connectivity index (χ0v) is 15.2. The standard InChI is InChI=1S/C17H21BrO.Mg.2H/c1-19-16-3-2-14(18)7-15(16)17-8-11-4-12(9-17)6-13(5-11)10-17;;;/h2-3,7,11-13H,4-6,8-10H2,1H3;;;/q;+2;2*-1. The number of ether oxygens (including phenoxy) is 1. The van der Waals surface area contributed by atoms with Gasteiger partial charge in [-0.1, -0.05) is 15.9 Å². The Morgan fingerprint density at radius 1 is 1.10 bits per heavy atom. The van der Waals surface area contributed by atoms with Gasteiger partial charge in [0.25, 0.3) is 0 Å². The fourth-order valence-corrected chi connectivity index (χ4v) is 5.90. The third kappa shape index (κ3) is 2.34. The molecule has 0 atom stereocenters. The van der Waals surface area contributed by atoms with Crippen LogP contribution in [0.1, 0.15) is 46.9 Å². The van der Waals surface area contributed by atoms with E-state index in [0.717, 1.165) is 23.5 Å². The molecular formula is C17H23BrMgO. The van der Waals surface area contributed by atoms with E-state index >= 15 is 0 Å². The Hall–Kier alpha value is 0.266. The van der Waals surface area contributed by atoms with Gasteiger partial charge in [-0.2, -0.15) is 0 Å². The summed E-state index contributed by atoms with van der Waals surface area (Å²) < 4.78 is 6.86. The average Bonchev–Trinajstić information content (AvgIpc) is 2.37. The van der Waals surface area contributed by atoms with Crippen molar-refractivity contribution in [2.75, 3.05) is 7.11 Å². The Morgan fingerprint density at radius 3 is 2.15 bits per heavy atom. The molecule has 5 rings (SSSR count). The van der Waals surface area contributed by atoms with Crippen molar-refractivity contribution in [3.8, 4) is 5.75 Å². The van der Waals surface area contributed by atoms with E-state index < -0.39 is 0 Å². The number of rotatable bonds is 2. The van der Waals surface area contributed by atoms with Gasteiger partial charge in [-0.15, -0.1) is 0 Å². The maximum atomic E-state index is 5.67. The average molecular weight is 348 g/mol. The summed E-state index contributed by atoms with van der Waals surface area (Å²) in [6.45, 7) is 0. The molecule has 0 heterocycles. The molecule has 0 radical (unpaired) electrons. The Morgan fingerprint density at radius 2 is 1.65 bits per heavy atom. The van der Waals surface area contributed by atoms with Crippen LogP contribution in [-0.2, 0) is 5.41 Å². The molecule has 0 aromatic heterocycles. The minimum atomic E-state index is 0. The summed E-state index contributed by atoms with van der Waals surface area (Å²) in [7, 11) is 1.81. The van der Waals surface area contributed by atoms with Crippen LogP contribution in [0.4, 0.5) is 0 Å². The molecule has 0 aliphatic heterocycles. The van der Waals surface area contributed by atoms with E-state index in [1.54, 1.807) is 0 Å². The first-order valence-corrected chi connectivity index (χ1v) is 8.32. The fraction of sp³-hybridized carbons (Fsp3) is 0.647. The minimum absolute atomic E-state index is 0. The molecule has 1 aromatic rings. The van der Waals surface area contributed by atoms with Gasteiger partial charge in [0, 0.05) is 10.0 Å². The van der Waals surface area contributed by atoms with Crippen molar-refractivity contribution >= 4 is 39.0 Å². The molecule has 3 heteroatoms. The van der Waals surface area contributed by atoms with Crippen molar-refractivity contribution in [1.82, 2.24) is 0 Å². The van der Waals surface area contributed by atoms with E-state index in [1.807, 2.05) is 7.11 Å². The summed E-state index contributed by atoms with van der Waals surface area (Å²) in [5, 5.41) is 0. The van der Waals surface area contributed by atoms with E-state index in [9.17, 15) is 0 Å². The number of hydrogen-bond acceptors (Lipinski definition) is 1. The molecule has 4 aliphatic carbocycles. The van der Waals surface area contributed by atoms with E-state index in [0.29, 0.717) is 5.41 Å². The summed E-state index contributed by atoms with van der Waals surface area (Å²) in [6.07, 6.45) is 8.67. The van der Waals surface area contributed by atoms with Gasteiger partial charge in [0.05, 0.1) is 7.11 Å². The van der Waals surface area contributed by atoms with Gasteiger partial charge in [0.1, 0.15) is 5.75 Å². The first-order chi connectivity index (χ1) is 9.18. The van der Waals surface area contributed by atoms with Crippen LogP contribution in [0.15, 0.2) is 22.7 Å². The smallest absolute Gasteiger partial charge is 1.00 e. The Kier molecular flexibility index (Phi) is 4.15. The predicted molar refractivity (Wildman–Crippen MR) is 88.5 cm³/mol. The largest absolute Gasteiger partial charge is 2.00 e.